The Morgan fingerprint density at radius 2 is 1.36 bits per heavy atom. The Bertz CT molecular complexity index is 2190. The van der Waals surface area contributed by atoms with Crippen molar-refractivity contribution in [1.82, 2.24) is 0 Å². The van der Waals surface area contributed by atoms with Gasteiger partial charge >= 0.3 is 11.9 Å². The van der Waals surface area contributed by atoms with Gasteiger partial charge in [0.15, 0.2) is 18.9 Å². The summed E-state index contributed by atoms with van der Waals surface area (Å²) in [6.07, 6.45) is 1.15. The van der Waals surface area contributed by atoms with Gasteiger partial charge in [0.2, 0.25) is 0 Å². The molecule has 8 rings (SSSR count). The van der Waals surface area contributed by atoms with E-state index in [4.69, 9.17) is 52.1 Å². The van der Waals surface area contributed by atoms with Crippen LogP contribution >= 0.6 is 0 Å². The van der Waals surface area contributed by atoms with Crippen molar-refractivity contribution >= 4 is 18.0 Å². The smallest absolute Gasteiger partial charge is 0.333 e. The van der Waals surface area contributed by atoms with E-state index in [0.717, 1.165) is 11.1 Å². The minimum atomic E-state index is -1.97. The van der Waals surface area contributed by atoms with Gasteiger partial charge in [-0.2, -0.15) is 0 Å². The second-order valence-electron chi connectivity index (χ2n) is 22.3. The molecule has 3 saturated carbocycles. The lowest BCUT2D eigenvalue weighted by molar-refractivity contribution is -0.339. The molecule has 3 saturated heterocycles. The first-order valence-corrected chi connectivity index (χ1v) is 26.4. The summed E-state index contributed by atoms with van der Waals surface area (Å²) in [6.45, 7) is 14.4. The van der Waals surface area contributed by atoms with Gasteiger partial charge in [-0.3, -0.25) is 0 Å². The van der Waals surface area contributed by atoms with Gasteiger partial charge < -0.3 is 72.5 Å². The Morgan fingerprint density at radius 3 is 1.95 bits per heavy atom. The molecule has 7 aliphatic rings. The van der Waals surface area contributed by atoms with Crippen LogP contribution in [0, 0.1) is 16.7 Å². The van der Waals surface area contributed by atoms with Crippen LogP contribution in [0.5, 0.6) is 0 Å². The molecule has 4 aliphatic carbocycles. The number of hydrogen-bond acceptors (Lipinski definition) is 17. The maximum atomic E-state index is 13.9. The molecule has 3 heterocycles. The third kappa shape index (κ3) is 10.2. The summed E-state index contributed by atoms with van der Waals surface area (Å²) >= 11 is 0. The van der Waals surface area contributed by atoms with E-state index in [1.54, 1.807) is 68.1 Å². The fourth-order valence-corrected chi connectivity index (χ4v) is 13.9. The zero-order chi connectivity index (χ0) is 52.8. The van der Waals surface area contributed by atoms with E-state index in [1.165, 1.54) is 6.08 Å². The first kappa shape index (κ1) is 56.1. The van der Waals surface area contributed by atoms with Crippen molar-refractivity contribution in [2.45, 2.75) is 229 Å². The van der Waals surface area contributed by atoms with Gasteiger partial charge in [0, 0.05) is 58.2 Å². The highest BCUT2D eigenvalue weighted by molar-refractivity contribution is 5.88. The first-order chi connectivity index (χ1) is 34.6. The van der Waals surface area contributed by atoms with Crippen molar-refractivity contribution in [1.29, 1.82) is 0 Å². The predicted octanol–water partition coefficient (Wildman–Crippen LogP) is 6.01. The van der Waals surface area contributed by atoms with Crippen molar-refractivity contribution in [2.75, 3.05) is 21.3 Å². The molecule has 1 aromatic rings. The molecular formula is C56H82O17. The van der Waals surface area contributed by atoms with Crippen LogP contribution in [0.15, 0.2) is 59.7 Å². The first-order valence-electron chi connectivity index (χ1n) is 26.4. The lowest BCUT2D eigenvalue weighted by Crippen LogP contribution is -2.78. The highest BCUT2D eigenvalue weighted by Gasteiger charge is 2.81. The Kier molecular flexibility index (Phi) is 17.0. The molecule has 17 heteroatoms. The van der Waals surface area contributed by atoms with Gasteiger partial charge in [0.25, 0.3) is 0 Å². The number of ether oxygens (including phenoxy) is 11. The quantitative estimate of drug-likeness (QED) is 0.0899. The van der Waals surface area contributed by atoms with Gasteiger partial charge in [-0.1, -0.05) is 61.9 Å². The molecule has 0 aromatic heterocycles. The van der Waals surface area contributed by atoms with Gasteiger partial charge in [0.05, 0.1) is 48.1 Å². The van der Waals surface area contributed by atoms with Crippen molar-refractivity contribution in [3.8, 4) is 0 Å². The maximum Gasteiger partial charge on any atom is 0.333 e. The zero-order valence-corrected chi connectivity index (χ0v) is 44.6. The van der Waals surface area contributed by atoms with Crippen LogP contribution in [0.3, 0.4) is 0 Å². The van der Waals surface area contributed by atoms with Crippen LogP contribution in [-0.2, 0) is 61.7 Å². The van der Waals surface area contributed by atoms with Crippen LogP contribution < -0.4 is 0 Å². The number of aliphatic hydroxyl groups excluding tert-OH is 1. The summed E-state index contributed by atoms with van der Waals surface area (Å²) in [5, 5.41) is 49.9. The molecule has 21 atom stereocenters. The molecular weight excluding hydrogens is 945 g/mol. The molecule has 4 N–H and O–H groups in total. The Hall–Kier alpha value is -3.14. The molecule has 408 valence electrons. The van der Waals surface area contributed by atoms with Gasteiger partial charge in [0.1, 0.15) is 47.3 Å². The van der Waals surface area contributed by atoms with E-state index in [0.29, 0.717) is 44.1 Å². The molecule has 0 spiro atoms. The highest BCUT2D eigenvalue weighted by atomic mass is 16.7. The molecule has 73 heavy (non-hydrogen) atoms. The highest BCUT2D eigenvalue weighted by Crippen LogP contribution is 2.71. The van der Waals surface area contributed by atoms with E-state index >= 15 is 0 Å². The van der Waals surface area contributed by atoms with Gasteiger partial charge in [-0.15, -0.1) is 0 Å². The normalized spacial score (nSPS) is 45.4. The van der Waals surface area contributed by atoms with E-state index in [9.17, 15) is 30.0 Å². The monoisotopic (exact) mass is 1030 g/mol. The predicted molar refractivity (Wildman–Crippen MR) is 265 cm³/mol. The minimum Gasteiger partial charge on any atom is -0.458 e. The third-order valence-electron chi connectivity index (χ3n) is 18.6. The average Bonchev–Trinajstić information content (AvgIpc) is 3.60. The summed E-state index contributed by atoms with van der Waals surface area (Å²) in [4.78, 5) is 27.0. The molecule has 17 nitrogen and oxygen atoms in total. The topological polar surface area (TPSA) is 217 Å². The third-order valence-corrected chi connectivity index (χ3v) is 18.6. The Morgan fingerprint density at radius 1 is 0.781 bits per heavy atom. The second-order valence-corrected chi connectivity index (χ2v) is 22.3. The number of rotatable bonds is 15. The second kappa shape index (κ2) is 22.1. The summed E-state index contributed by atoms with van der Waals surface area (Å²) in [7, 11) is 4.84. The lowest BCUT2D eigenvalue weighted by Gasteiger charge is -2.67. The van der Waals surface area contributed by atoms with E-state index in [1.807, 2.05) is 50.3 Å². The number of hydrogen-bond donors (Lipinski definition) is 4. The largest absolute Gasteiger partial charge is 0.458 e. The summed E-state index contributed by atoms with van der Waals surface area (Å²) in [5.74, 6) is -1.86. The van der Waals surface area contributed by atoms with Crippen LogP contribution in [0.25, 0.3) is 6.08 Å². The number of allylic oxidation sites excluding steroid dienone is 1. The number of methoxy groups -OCH3 is 3. The lowest BCUT2D eigenvalue weighted by atomic mass is 9.42. The maximum absolute atomic E-state index is 13.9. The molecule has 0 amide bonds. The summed E-state index contributed by atoms with van der Waals surface area (Å²) in [6, 6.07) is 9.33. The molecule has 1 aromatic carbocycles. The molecule has 0 radical (unpaired) electrons. The van der Waals surface area contributed by atoms with Crippen LogP contribution in [0.2, 0.25) is 0 Å². The molecule has 6 fully saturated rings. The molecule has 0 bridgehead atoms. The molecule has 0 unspecified atom stereocenters. The zero-order valence-electron chi connectivity index (χ0n) is 44.6. The van der Waals surface area contributed by atoms with E-state index < -0.39 is 125 Å². The number of fused-ring (bicyclic) bond motifs is 5. The fourth-order valence-electron chi connectivity index (χ4n) is 13.9. The van der Waals surface area contributed by atoms with Crippen molar-refractivity contribution in [3.05, 3.63) is 65.3 Å². The van der Waals surface area contributed by atoms with Crippen molar-refractivity contribution in [2.24, 2.45) is 16.7 Å². The van der Waals surface area contributed by atoms with Crippen molar-refractivity contribution in [3.63, 3.8) is 0 Å². The van der Waals surface area contributed by atoms with Crippen LogP contribution in [0.1, 0.15) is 125 Å². The number of carbonyl (C=O) groups is 2. The van der Waals surface area contributed by atoms with Gasteiger partial charge in [-0.05, 0) is 104 Å². The number of esters is 2. The van der Waals surface area contributed by atoms with E-state index in [-0.39, 0.29) is 37.9 Å². The minimum absolute atomic E-state index is 0.0156. The fraction of sp³-hybridized carbons (Fsp3) is 0.750. The Labute approximate surface area is 430 Å². The number of aliphatic hydroxyl groups is 4. The van der Waals surface area contributed by atoms with Crippen LogP contribution in [-0.4, -0.2) is 163 Å². The SMILES string of the molecule is CC=C(C)C(=O)O[C@H](C)[C@]1(O)CC[C@]2(O)[C@]1(C)[C@H](OC(=O)C=Cc1ccccc1)C[C@@H]1[C@@]3(C)CC[C@H](O[C@H]4C[C@H](OC)[C@H](O[C@H]5C[C@H](OC)[C@H](O[C@H]6C[C@H](OC)[C@H](O)[C@@H](C)O6)[C@H](C)O5)[C@@H](C)O4)CC3=CC[C@]12O. The standard InChI is InChI=1S/C56H82O17/c1-12-31(2)51(59)69-35(6)54(60)24-25-56(62)53(54,8)43(71-44(57)19-18-36-16-14-13-15-17-36)30-42-52(7)22-21-38(26-37(52)20-23-55(42,56)61)70-45-28-40(64-10)49(33(4)67-45)73-47-29-41(65-11)50(34(5)68-47)72-46-27-39(63-9)48(58)32(3)66-46/h12-20,32-35,38-43,45-50,58,60-62H,21-30H2,1-11H3/t32-,33-,34+,35-,38+,39+,40+,41+,42-,43-,45+,46+,47+,48-,49-,50-,52+,53-,54-,55+,56+/m1/s1. The van der Waals surface area contributed by atoms with E-state index in [2.05, 4.69) is 6.92 Å². The number of carbonyl (C=O) groups excluding carboxylic acids is 2. The summed E-state index contributed by atoms with van der Waals surface area (Å²) < 4.78 is 68.4. The number of benzene rings is 1. The van der Waals surface area contributed by atoms with Gasteiger partial charge in [-0.25, -0.2) is 9.59 Å². The van der Waals surface area contributed by atoms with Crippen molar-refractivity contribution < 1.29 is 82.1 Å². The Balaban J connectivity index is 0.950. The van der Waals surface area contributed by atoms with Crippen LogP contribution in [0.4, 0.5) is 0 Å². The summed E-state index contributed by atoms with van der Waals surface area (Å²) in [5.41, 5.74) is -5.71. The average molecular weight is 1030 g/mol. The molecule has 3 aliphatic heterocycles.